The van der Waals surface area contributed by atoms with E-state index in [1.165, 1.54) is 4.70 Å². The average molecular weight is 205 g/mol. The second kappa shape index (κ2) is 3.06. The number of thiol groups is 1. The first-order chi connectivity index (χ1) is 6.20. The summed E-state index contributed by atoms with van der Waals surface area (Å²) in [5.41, 5.74) is 1.87. The third kappa shape index (κ3) is 1.43. The van der Waals surface area contributed by atoms with Crippen LogP contribution >= 0.6 is 24.0 Å². The molecule has 0 N–H and O–H groups in total. The number of fused-ring (bicyclic) bond motifs is 1. The second-order valence-electron chi connectivity index (χ2n) is 2.91. The zero-order valence-electron chi connectivity index (χ0n) is 7.03. The Morgan fingerprint density at radius 1 is 1.38 bits per heavy atom. The van der Waals surface area contributed by atoms with Crippen LogP contribution in [0.15, 0.2) is 22.4 Å². The molecule has 1 nitrogen and oxygen atoms in total. The van der Waals surface area contributed by atoms with Crippen molar-refractivity contribution in [2.24, 2.45) is 0 Å². The minimum Gasteiger partial charge on any atom is -0.192 e. The molecule has 0 aliphatic rings. The summed E-state index contributed by atoms with van der Waals surface area (Å²) in [6.45, 7) is 2.02. The summed E-state index contributed by atoms with van der Waals surface area (Å²) in [6.07, 6.45) is 0. The van der Waals surface area contributed by atoms with Gasteiger partial charge in [0.15, 0.2) is 0 Å². The monoisotopic (exact) mass is 205 g/mol. The lowest BCUT2D eigenvalue weighted by molar-refractivity contribution is 1.47. The summed E-state index contributed by atoms with van der Waals surface area (Å²) in [5, 5.41) is 9.88. The van der Waals surface area contributed by atoms with Crippen molar-refractivity contribution < 1.29 is 0 Å². The van der Waals surface area contributed by atoms with Crippen LogP contribution in [0.1, 0.15) is 11.1 Å². The van der Waals surface area contributed by atoms with Gasteiger partial charge in [0.2, 0.25) is 0 Å². The highest BCUT2D eigenvalue weighted by Crippen LogP contribution is 2.31. The number of thiophene rings is 1. The van der Waals surface area contributed by atoms with Crippen LogP contribution in [0.2, 0.25) is 0 Å². The van der Waals surface area contributed by atoms with Gasteiger partial charge in [0.05, 0.1) is 15.8 Å². The van der Waals surface area contributed by atoms with Gasteiger partial charge in [-0.15, -0.1) is 24.0 Å². The molecule has 0 radical (unpaired) electrons. The van der Waals surface area contributed by atoms with E-state index in [4.69, 9.17) is 5.26 Å². The molecule has 0 atom stereocenters. The number of rotatable bonds is 0. The topological polar surface area (TPSA) is 23.8 Å². The van der Waals surface area contributed by atoms with Crippen LogP contribution < -0.4 is 0 Å². The predicted octanol–water partition coefficient (Wildman–Crippen LogP) is 3.37. The van der Waals surface area contributed by atoms with Gasteiger partial charge in [0.25, 0.3) is 0 Å². The Morgan fingerprint density at radius 3 is 2.85 bits per heavy atom. The SMILES string of the molecule is Cc1cc(C#N)cc2cc(S)sc12. The van der Waals surface area contributed by atoms with E-state index in [0.29, 0.717) is 0 Å². The van der Waals surface area contributed by atoms with E-state index < -0.39 is 0 Å². The standard InChI is InChI=1S/C10H7NS2/c1-6-2-7(5-11)3-8-4-9(12)13-10(6)8/h2-4,12H,1H3. The molecule has 0 spiro atoms. The van der Waals surface area contributed by atoms with Crippen LogP contribution in [0.3, 0.4) is 0 Å². The molecule has 3 heteroatoms. The maximum atomic E-state index is 8.76. The molecule has 0 aliphatic carbocycles. The quantitative estimate of drug-likeness (QED) is 0.655. The molecule has 0 fully saturated rings. The van der Waals surface area contributed by atoms with Gasteiger partial charge in [-0.25, -0.2) is 0 Å². The molecule has 0 bridgehead atoms. The lowest BCUT2D eigenvalue weighted by atomic mass is 10.1. The zero-order chi connectivity index (χ0) is 9.42. The van der Waals surface area contributed by atoms with E-state index in [9.17, 15) is 0 Å². The highest BCUT2D eigenvalue weighted by molar-refractivity contribution is 7.83. The first-order valence-electron chi connectivity index (χ1n) is 3.84. The fourth-order valence-corrected chi connectivity index (χ4v) is 2.64. The highest BCUT2D eigenvalue weighted by atomic mass is 32.2. The summed E-state index contributed by atoms with van der Waals surface area (Å²) in [5.74, 6) is 0. The lowest BCUT2D eigenvalue weighted by Gasteiger charge is -1.95. The zero-order valence-corrected chi connectivity index (χ0v) is 8.75. The van der Waals surface area contributed by atoms with Gasteiger partial charge in [-0.05, 0) is 36.1 Å². The van der Waals surface area contributed by atoms with Crippen LogP contribution in [0.5, 0.6) is 0 Å². The highest BCUT2D eigenvalue weighted by Gasteiger charge is 2.03. The fourth-order valence-electron chi connectivity index (χ4n) is 1.38. The lowest BCUT2D eigenvalue weighted by Crippen LogP contribution is -1.76. The van der Waals surface area contributed by atoms with Crippen LogP contribution in [-0.2, 0) is 0 Å². The summed E-state index contributed by atoms with van der Waals surface area (Å²) in [6, 6.07) is 7.96. The fraction of sp³-hybridized carbons (Fsp3) is 0.100. The van der Waals surface area contributed by atoms with E-state index in [1.807, 2.05) is 25.1 Å². The van der Waals surface area contributed by atoms with Gasteiger partial charge in [-0.3, -0.25) is 0 Å². The number of nitriles is 1. The van der Waals surface area contributed by atoms with E-state index in [1.54, 1.807) is 11.3 Å². The van der Waals surface area contributed by atoms with Crippen molar-refractivity contribution in [3.05, 3.63) is 29.3 Å². The third-order valence-electron chi connectivity index (χ3n) is 1.92. The molecular weight excluding hydrogens is 198 g/mol. The van der Waals surface area contributed by atoms with E-state index in [-0.39, 0.29) is 0 Å². The molecule has 0 unspecified atom stereocenters. The molecule has 2 aromatic rings. The Bertz CT molecular complexity index is 505. The van der Waals surface area contributed by atoms with Gasteiger partial charge in [-0.1, -0.05) is 0 Å². The van der Waals surface area contributed by atoms with E-state index in [0.717, 1.165) is 20.7 Å². The van der Waals surface area contributed by atoms with E-state index >= 15 is 0 Å². The number of aryl methyl sites for hydroxylation is 1. The molecular formula is C10H7NS2. The number of hydrogen-bond donors (Lipinski definition) is 1. The van der Waals surface area contributed by atoms with Crippen molar-refractivity contribution in [1.29, 1.82) is 5.26 Å². The summed E-state index contributed by atoms with van der Waals surface area (Å²) < 4.78 is 2.22. The summed E-state index contributed by atoms with van der Waals surface area (Å²) >= 11 is 5.94. The van der Waals surface area contributed by atoms with Crippen molar-refractivity contribution in [3.63, 3.8) is 0 Å². The number of benzene rings is 1. The Labute approximate surface area is 86.0 Å². The molecule has 1 aromatic heterocycles. The van der Waals surface area contributed by atoms with Crippen molar-refractivity contribution in [3.8, 4) is 6.07 Å². The average Bonchev–Trinajstić information content (AvgIpc) is 2.46. The minimum absolute atomic E-state index is 0.719. The molecule has 0 saturated heterocycles. The van der Waals surface area contributed by atoms with Crippen molar-refractivity contribution in [1.82, 2.24) is 0 Å². The molecule has 1 heterocycles. The number of nitrogens with zero attached hydrogens (tertiary/aromatic N) is 1. The third-order valence-corrected chi connectivity index (χ3v) is 3.41. The van der Waals surface area contributed by atoms with Gasteiger partial charge in [-0.2, -0.15) is 5.26 Å². The molecule has 2 rings (SSSR count). The smallest absolute Gasteiger partial charge is 0.0991 e. The van der Waals surface area contributed by atoms with Crippen molar-refractivity contribution >= 4 is 34.1 Å². The van der Waals surface area contributed by atoms with Gasteiger partial charge in [0, 0.05) is 4.70 Å². The largest absolute Gasteiger partial charge is 0.192 e. The Hall–Kier alpha value is -0.980. The van der Waals surface area contributed by atoms with Crippen LogP contribution in [0.4, 0.5) is 0 Å². The molecule has 13 heavy (non-hydrogen) atoms. The van der Waals surface area contributed by atoms with Gasteiger partial charge in [0.1, 0.15) is 0 Å². The maximum Gasteiger partial charge on any atom is 0.0991 e. The van der Waals surface area contributed by atoms with E-state index in [2.05, 4.69) is 18.7 Å². The van der Waals surface area contributed by atoms with Crippen LogP contribution in [0.25, 0.3) is 10.1 Å². The van der Waals surface area contributed by atoms with Crippen molar-refractivity contribution in [2.45, 2.75) is 11.1 Å². The molecule has 0 aliphatic heterocycles. The summed E-state index contributed by atoms with van der Waals surface area (Å²) in [4.78, 5) is 0. The first kappa shape index (κ1) is 8.61. The minimum atomic E-state index is 0.719. The predicted molar refractivity (Wildman–Crippen MR) is 58.5 cm³/mol. The van der Waals surface area contributed by atoms with Gasteiger partial charge >= 0.3 is 0 Å². The Balaban J connectivity index is 2.85. The molecule has 0 amide bonds. The normalized spacial score (nSPS) is 10.2. The molecule has 0 saturated carbocycles. The Morgan fingerprint density at radius 2 is 2.15 bits per heavy atom. The van der Waals surface area contributed by atoms with Gasteiger partial charge < -0.3 is 0 Å². The Kier molecular flexibility index (Phi) is 2.03. The second-order valence-corrected chi connectivity index (χ2v) is 4.74. The summed E-state index contributed by atoms with van der Waals surface area (Å²) in [7, 11) is 0. The molecule has 64 valence electrons. The molecule has 1 aromatic carbocycles. The first-order valence-corrected chi connectivity index (χ1v) is 5.10. The van der Waals surface area contributed by atoms with Crippen LogP contribution in [0, 0.1) is 18.3 Å². The van der Waals surface area contributed by atoms with Crippen LogP contribution in [-0.4, -0.2) is 0 Å². The maximum absolute atomic E-state index is 8.76. The van der Waals surface area contributed by atoms with Crippen molar-refractivity contribution in [2.75, 3.05) is 0 Å². The number of hydrogen-bond acceptors (Lipinski definition) is 3.